The molecule has 33 heavy (non-hydrogen) atoms. The molecule has 2 saturated heterocycles. The fourth-order valence-electron chi connectivity index (χ4n) is 4.75. The first-order chi connectivity index (χ1) is 15.7. The summed E-state index contributed by atoms with van der Waals surface area (Å²) in [5.74, 6) is 2.14. The highest BCUT2D eigenvalue weighted by Gasteiger charge is 2.35. The van der Waals surface area contributed by atoms with E-state index in [1.807, 2.05) is 42.7 Å². The average Bonchev–Trinajstić information content (AvgIpc) is 2.82. The zero-order valence-electron chi connectivity index (χ0n) is 21.0. The number of ether oxygens (including phenoxy) is 3. The van der Waals surface area contributed by atoms with Crippen molar-refractivity contribution in [2.45, 2.75) is 40.2 Å². The summed E-state index contributed by atoms with van der Waals surface area (Å²) in [6, 6.07) is 3.89. The first kappa shape index (κ1) is 25.1. The van der Waals surface area contributed by atoms with Crippen molar-refractivity contribution < 1.29 is 23.8 Å². The molecule has 184 valence electrons. The summed E-state index contributed by atoms with van der Waals surface area (Å²) >= 11 is 0. The number of carbonyl (C=O) groups excluding carboxylic acids is 2. The van der Waals surface area contributed by atoms with Crippen LogP contribution in [0.15, 0.2) is 12.1 Å². The number of amides is 2. The van der Waals surface area contributed by atoms with Crippen molar-refractivity contribution in [1.82, 2.24) is 14.7 Å². The van der Waals surface area contributed by atoms with Gasteiger partial charge in [-0.15, -0.1) is 0 Å². The summed E-state index contributed by atoms with van der Waals surface area (Å²) in [5, 5.41) is 0. The Balaban J connectivity index is 1.58. The lowest BCUT2D eigenvalue weighted by Crippen LogP contribution is -2.53. The van der Waals surface area contributed by atoms with Gasteiger partial charge in [0.25, 0.3) is 0 Å². The third-order valence-corrected chi connectivity index (χ3v) is 6.56. The molecule has 0 aromatic heterocycles. The summed E-state index contributed by atoms with van der Waals surface area (Å²) in [6.07, 6.45) is 1.74. The largest absolute Gasteiger partial charge is 0.493 e. The molecule has 8 nitrogen and oxygen atoms in total. The van der Waals surface area contributed by atoms with Gasteiger partial charge in [0, 0.05) is 56.8 Å². The third kappa shape index (κ3) is 5.72. The van der Waals surface area contributed by atoms with Crippen molar-refractivity contribution in [3.05, 3.63) is 17.7 Å². The molecule has 3 rings (SSSR count). The van der Waals surface area contributed by atoms with Crippen molar-refractivity contribution in [2.75, 3.05) is 60.6 Å². The number of benzene rings is 1. The first-order valence-corrected chi connectivity index (χ1v) is 11.8. The topological polar surface area (TPSA) is 71.6 Å². The molecule has 0 bridgehead atoms. The van der Waals surface area contributed by atoms with Crippen molar-refractivity contribution in [3.8, 4) is 17.2 Å². The fraction of sp³-hybridized carbons (Fsp3) is 0.680. The van der Waals surface area contributed by atoms with Gasteiger partial charge in [-0.3, -0.25) is 14.5 Å². The van der Waals surface area contributed by atoms with E-state index in [1.165, 1.54) is 0 Å². The second kappa shape index (κ2) is 10.6. The van der Waals surface area contributed by atoms with E-state index < -0.39 is 5.41 Å². The molecule has 2 amide bonds. The molecule has 1 aromatic carbocycles. The van der Waals surface area contributed by atoms with Crippen LogP contribution in [0.5, 0.6) is 17.2 Å². The maximum atomic E-state index is 13.2. The predicted octanol–water partition coefficient (Wildman–Crippen LogP) is 2.64. The van der Waals surface area contributed by atoms with Crippen molar-refractivity contribution >= 4 is 11.8 Å². The molecule has 1 unspecified atom stereocenters. The number of piperazine rings is 1. The van der Waals surface area contributed by atoms with Crippen LogP contribution in [0.1, 0.15) is 39.2 Å². The number of nitrogens with zero attached hydrogens (tertiary/aromatic N) is 3. The van der Waals surface area contributed by atoms with Gasteiger partial charge in [-0.05, 0) is 18.9 Å². The molecule has 1 atom stereocenters. The summed E-state index contributed by atoms with van der Waals surface area (Å²) in [7, 11) is 4.85. The lowest BCUT2D eigenvalue weighted by molar-refractivity contribution is -0.146. The van der Waals surface area contributed by atoms with E-state index >= 15 is 0 Å². The van der Waals surface area contributed by atoms with E-state index in [-0.39, 0.29) is 17.7 Å². The molecule has 0 spiro atoms. The molecule has 0 N–H and O–H groups in total. The first-order valence-electron chi connectivity index (χ1n) is 11.8. The Kier molecular flexibility index (Phi) is 8.10. The van der Waals surface area contributed by atoms with Gasteiger partial charge in [-0.2, -0.15) is 0 Å². The number of carbonyl (C=O) groups is 2. The Morgan fingerprint density at radius 1 is 0.909 bits per heavy atom. The molecular weight excluding hydrogens is 422 g/mol. The van der Waals surface area contributed by atoms with Crippen LogP contribution in [0.2, 0.25) is 0 Å². The molecule has 2 heterocycles. The molecule has 2 aliphatic rings. The lowest BCUT2D eigenvalue weighted by atomic mass is 9.90. The number of hydrogen-bond donors (Lipinski definition) is 0. The summed E-state index contributed by atoms with van der Waals surface area (Å²) in [6.45, 7) is 10.8. The lowest BCUT2D eigenvalue weighted by Gasteiger charge is -2.40. The summed E-state index contributed by atoms with van der Waals surface area (Å²) in [5.41, 5.74) is 0.612. The zero-order valence-corrected chi connectivity index (χ0v) is 21.0. The van der Waals surface area contributed by atoms with Gasteiger partial charge in [-0.1, -0.05) is 26.8 Å². The summed E-state index contributed by atoms with van der Waals surface area (Å²) in [4.78, 5) is 32.1. The smallest absolute Gasteiger partial charge is 0.227 e. The van der Waals surface area contributed by atoms with E-state index in [4.69, 9.17) is 14.2 Å². The van der Waals surface area contributed by atoms with Crippen LogP contribution in [0, 0.1) is 11.3 Å². The molecule has 1 aromatic rings. The monoisotopic (exact) mass is 461 g/mol. The molecular formula is C25H39N3O5. The van der Waals surface area contributed by atoms with E-state index in [1.54, 1.807) is 21.3 Å². The molecule has 0 aliphatic carbocycles. The van der Waals surface area contributed by atoms with E-state index in [0.29, 0.717) is 43.4 Å². The number of hydrogen-bond acceptors (Lipinski definition) is 6. The molecule has 2 fully saturated rings. The molecule has 2 aliphatic heterocycles. The number of methoxy groups -OCH3 is 3. The summed E-state index contributed by atoms with van der Waals surface area (Å²) < 4.78 is 16.5. The van der Waals surface area contributed by atoms with Crippen molar-refractivity contribution in [3.63, 3.8) is 0 Å². The van der Waals surface area contributed by atoms with Gasteiger partial charge in [0.15, 0.2) is 11.5 Å². The highest BCUT2D eigenvalue weighted by atomic mass is 16.5. The van der Waals surface area contributed by atoms with E-state index in [9.17, 15) is 9.59 Å². The number of likely N-dealkylation sites (tertiary alicyclic amines) is 1. The Morgan fingerprint density at radius 3 is 2.15 bits per heavy atom. The molecule has 0 radical (unpaired) electrons. The number of rotatable bonds is 6. The fourth-order valence-corrected chi connectivity index (χ4v) is 4.75. The Hall–Kier alpha value is -2.48. The zero-order chi connectivity index (χ0) is 24.2. The van der Waals surface area contributed by atoms with Crippen LogP contribution in [0.25, 0.3) is 0 Å². The second-order valence-corrected chi connectivity index (χ2v) is 9.94. The van der Waals surface area contributed by atoms with Gasteiger partial charge in [0.05, 0.1) is 27.2 Å². The van der Waals surface area contributed by atoms with Gasteiger partial charge < -0.3 is 24.0 Å². The minimum atomic E-state index is -0.415. The van der Waals surface area contributed by atoms with Crippen LogP contribution >= 0.6 is 0 Å². The Labute approximate surface area is 197 Å². The van der Waals surface area contributed by atoms with Gasteiger partial charge in [-0.25, -0.2) is 0 Å². The number of piperidine rings is 1. The maximum Gasteiger partial charge on any atom is 0.227 e. The van der Waals surface area contributed by atoms with Crippen molar-refractivity contribution in [2.24, 2.45) is 11.3 Å². The minimum absolute atomic E-state index is 0.0949. The van der Waals surface area contributed by atoms with Crippen LogP contribution < -0.4 is 14.2 Å². The van der Waals surface area contributed by atoms with Gasteiger partial charge >= 0.3 is 0 Å². The standard InChI is InChI=1S/C25H39N3O5/c1-25(2,3)24(30)28-11-7-8-19(17-28)23(29)27-14-12-26(13-15-27)16-18-9-10-20(31-4)22(33-6)21(18)32-5/h9-10,19H,7-8,11-17H2,1-6H3. The van der Waals surface area contributed by atoms with E-state index in [2.05, 4.69) is 4.90 Å². The highest BCUT2D eigenvalue weighted by Crippen LogP contribution is 2.40. The van der Waals surface area contributed by atoms with Crippen LogP contribution in [-0.4, -0.2) is 87.1 Å². The maximum absolute atomic E-state index is 13.2. The van der Waals surface area contributed by atoms with Crippen LogP contribution in [0.3, 0.4) is 0 Å². The van der Waals surface area contributed by atoms with Gasteiger partial charge in [0.2, 0.25) is 17.6 Å². The second-order valence-electron chi connectivity index (χ2n) is 9.94. The SMILES string of the molecule is COc1ccc(CN2CCN(C(=O)C3CCCN(C(=O)C(C)(C)C)C3)CC2)c(OC)c1OC. The minimum Gasteiger partial charge on any atom is -0.493 e. The van der Waals surface area contributed by atoms with E-state index in [0.717, 1.165) is 38.0 Å². The average molecular weight is 462 g/mol. The van der Waals surface area contributed by atoms with Gasteiger partial charge in [0.1, 0.15) is 0 Å². The Morgan fingerprint density at radius 2 is 1.58 bits per heavy atom. The quantitative estimate of drug-likeness (QED) is 0.649. The highest BCUT2D eigenvalue weighted by molar-refractivity contribution is 5.84. The predicted molar refractivity (Wildman–Crippen MR) is 127 cm³/mol. The van der Waals surface area contributed by atoms with Crippen LogP contribution in [0.4, 0.5) is 0 Å². The Bertz CT molecular complexity index is 843. The van der Waals surface area contributed by atoms with Crippen LogP contribution in [-0.2, 0) is 16.1 Å². The van der Waals surface area contributed by atoms with Crippen molar-refractivity contribution in [1.29, 1.82) is 0 Å². The third-order valence-electron chi connectivity index (χ3n) is 6.56. The normalized spacial score (nSPS) is 19.9. The molecule has 8 heteroatoms. The molecule has 0 saturated carbocycles.